The SMILES string of the molecule is COc1cc(C[C@@H](C)[C@@H](C)Cc2cc(OC)c(O)c(OC)c2)ccc1O. The van der Waals surface area contributed by atoms with Gasteiger partial charge in [0.1, 0.15) is 0 Å². The molecule has 2 aromatic rings. The Morgan fingerprint density at radius 2 is 1.19 bits per heavy atom. The van der Waals surface area contributed by atoms with Crippen LogP contribution in [0.4, 0.5) is 0 Å². The van der Waals surface area contributed by atoms with Crippen LogP contribution in [0.1, 0.15) is 25.0 Å². The maximum atomic E-state index is 10.0. The highest BCUT2D eigenvalue weighted by atomic mass is 16.5. The number of aromatic hydroxyl groups is 2. The molecule has 0 bridgehead atoms. The summed E-state index contributed by atoms with van der Waals surface area (Å²) < 4.78 is 15.7. The van der Waals surface area contributed by atoms with Gasteiger partial charge >= 0.3 is 0 Å². The van der Waals surface area contributed by atoms with Crippen molar-refractivity contribution in [2.45, 2.75) is 26.7 Å². The van der Waals surface area contributed by atoms with Gasteiger partial charge in [0.25, 0.3) is 0 Å². The molecule has 0 saturated carbocycles. The van der Waals surface area contributed by atoms with Gasteiger partial charge in [-0.15, -0.1) is 0 Å². The maximum Gasteiger partial charge on any atom is 0.200 e. The smallest absolute Gasteiger partial charge is 0.200 e. The van der Waals surface area contributed by atoms with Gasteiger partial charge in [0, 0.05) is 0 Å². The second kappa shape index (κ2) is 8.70. The van der Waals surface area contributed by atoms with E-state index < -0.39 is 0 Å². The largest absolute Gasteiger partial charge is 0.504 e. The lowest BCUT2D eigenvalue weighted by molar-refractivity contribution is 0.336. The monoisotopic (exact) mass is 360 g/mol. The molecular weight excluding hydrogens is 332 g/mol. The van der Waals surface area contributed by atoms with Crippen LogP contribution in [0.2, 0.25) is 0 Å². The van der Waals surface area contributed by atoms with Gasteiger partial charge in [-0.25, -0.2) is 0 Å². The minimum atomic E-state index is 0.0237. The Morgan fingerprint density at radius 3 is 1.69 bits per heavy atom. The molecular formula is C21H28O5. The zero-order valence-electron chi connectivity index (χ0n) is 16.1. The zero-order chi connectivity index (χ0) is 19.3. The minimum absolute atomic E-state index is 0.0237. The lowest BCUT2D eigenvalue weighted by Crippen LogP contribution is -2.14. The summed E-state index contributed by atoms with van der Waals surface area (Å²) in [5.41, 5.74) is 2.18. The van der Waals surface area contributed by atoms with E-state index in [1.165, 1.54) is 14.2 Å². The number of phenolic OH excluding ortho intramolecular Hbond substituents is 2. The molecule has 0 spiro atoms. The fraction of sp³-hybridized carbons (Fsp3) is 0.429. The molecule has 0 saturated heterocycles. The highest BCUT2D eigenvalue weighted by Crippen LogP contribution is 2.38. The molecule has 2 atom stereocenters. The maximum absolute atomic E-state index is 10.0. The zero-order valence-corrected chi connectivity index (χ0v) is 16.1. The van der Waals surface area contributed by atoms with Gasteiger partial charge in [-0.05, 0) is 60.1 Å². The van der Waals surface area contributed by atoms with E-state index in [2.05, 4.69) is 13.8 Å². The standard InChI is InChI=1S/C21H28O5/c1-13(8-15-6-7-17(22)18(10-15)24-3)14(2)9-16-11-19(25-4)21(23)20(12-16)26-5/h6-7,10-14,22-23H,8-9H2,1-5H3/t13-,14+/m1/s1. The van der Waals surface area contributed by atoms with Crippen molar-refractivity contribution in [1.29, 1.82) is 0 Å². The molecule has 0 amide bonds. The van der Waals surface area contributed by atoms with Crippen LogP contribution >= 0.6 is 0 Å². The van der Waals surface area contributed by atoms with Crippen LogP contribution in [0.15, 0.2) is 30.3 Å². The van der Waals surface area contributed by atoms with E-state index in [-0.39, 0.29) is 11.5 Å². The van der Waals surface area contributed by atoms with E-state index in [1.54, 1.807) is 13.2 Å². The van der Waals surface area contributed by atoms with Crippen molar-refractivity contribution in [3.63, 3.8) is 0 Å². The first kappa shape index (κ1) is 19.8. The highest BCUT2D eigenvalue weighted by molar-refractivity contribution is 5.52. The van der Waals surface area contributed by atoms with Gasteiger partial charge < -0.3 is 24.4 Å². The fourth-order valence-corrected chi connectivity index (χ4v) is 3.06. The van der Waals surface area contributed by atoms with Crippen molar-refractivity contribution in [3.8, 4) is 28.7 Å². The van der Waals surface area contributed by atoms with Crippen molar-refractivity contribution in [1.82, 2.24) is 0 Å². The molecule has 0 heterocycles. The summed E-state index contributed by atoms with van der Waals surface area (Å²) in [6.45, 7) is 4.41. The summed E-state index contributed by atoms with van der Waals surface area (Å²) in [7, 11) is 4.61. The summed E-state index contributed by atoms with van der Waals surface area (Å²) in [5.74, 6) is 2.32. The third kappa shape index (κ3) is 4.54. The van der Waals surface area contributed by atoms with Gasteiger partial charge in [-0.1, -0.05) is 19.9 Å². The summed E-state index contributed by atoms with van der Waals surface area (Å²) in [6.07, 6.45) is 1.72. The summed E-state index contributed by atoms with van der Waals surface area (Å²) in [6, 6.07) is 9.18. The highest BCUT2D eigenvalue weighted by Gasteiger charge is 2.17. The summed E-state index contributed by atoms with van der Waals surface area (Å²) >= 11 is 0. The van der Waals surface area contributed by atoms with E-state index in [9.17, 15) is 10.2 Å². The Labute approximate surface area is 155 Å². The molecule has 0 aromatic heterocycles. The summed E-state index contributed by atoms with van der Waals surface area (Å²) in [4.78, 5) is 0. The van der Waals surface area contributed by atoms with Crippen LogP contribution in [-0.4, -0.2) is 31.5 Å². The normalized spacial score (nSPS) is 13.1. The first-order chi connectivity index (χ1) is 12.4. The molecule has 0 fully saturated rings. The molecule has 0 aliphatic heterocycles. The molecule has 5 nitrogen and oxygen atoms in total. The number of phenols is 2. The number of ether oxygens (including phenoxy) is 3. The first-order valence-electron chi connectivity index (χ1n) is 8.69. The van der Waals surface area contributed by atoms with Gasteiger partial charge in [0.2, 0.25) is 5.75 Å². The number of benzene rings is 2. The molecule has 0 unspecified atom stereocenters. The van der Waals surface area contributed by atoms with Crippen LogP contribution in [-0.2, 0) is 12.8 Å². The van der Waals surface area contributed by atoms with Crippen molar-refractivity contribution in [2.24, 2.45) is 11.8 Å². The van der Waals surface area contributed by atoms with E-state index in [0.717, 1.165) is 24.0 Å². The van der Waals surface area contributed by atoms with E-state index >= 15 is 0 Å². The van der Waals surface area contributed by atoms with Gasteiger partial charge in [-0.3, -0.25) is 0 Å². The van der Waals surface area contributed by atoms with E-state index in [0.29, 0.717) is 29.1 Å². The average Bonchev–Trinajstić information content (AvgIpc) is 2.64. The molecule has 2 rings (SSSR count). The molecule has 0 aliphatic carbocycles. The van der Waals surface area contributed by atoms with Gasteiger partial charge in [0.15, 0.2) is 23.0 Å². The number of methoxy groups -OCH3 is 3. The first-order valence-corrected chi connectivity index (χ1v) is 8.69. The topological polar surface area (TPSA) is 68.2 Å². The molecule has 142 valence electrons. The van der Waals surface area contributed by atoms with Crippen LogP contribution in [0.3, 0.4) is 0 Å². The van der Waals surface area contributed by atoms with Crippen LogP contribution in [0, 0.1) is 11.8 Å². The molecule has 26 heavy (non-hydrogen) atoms. The van der Waals surface area contributed by atoms with Gasteiger partial charge in [-0.2, -0.15) is 0 Å². The average molecular weight is 360 g/mol. The second-order valence-corrected chi connectivity index (χ2v) is 6.72. The lowest BCUT2D eigenvalue weighted by Gasteiger charge is -2.21. The third-order valence-electron chi connectivity index (χ3n) is 4.87. The number of hydrogen-bond acceptors (Lipinski definition) is 5. The van der Waals surface area contributed by atoms with Crippen molar-refractivity contribution >= 4 is 0 Å². The Kier molecular flexibility index (Phi) is 6.61. The van der Waals surface area contributed by atoms with Crippen LogP contribution in [0.5, 0.6) is 28.7 Å². The minimum Gasteiger partial charge on any atom is -0.504 e. The molecule has 5 heteroatoms. The van der Waals surface area contributed by atoms with Crippen molar-refractivity contribution in [3.05, 3.63) is 41.5 Å². The van der Waals surface area contributed by atoms with Crippen molar-refractivity contribution in [2.75, 3.05) is 21.3 Å². The molecule has 0 aliphatic rings. The quantitative estimate of drug-likeness (QED) is 0.739. The third-order valence-corrected chi connectivity index (χ3v) is 4.87. The predicted octanol–water partition coefficient (Wildman–Crippen LogP) is 4.18. The molecule has 2 aromatic carbocycles. The van der Waals surface area contributed by atoms with E-state index in [1.807, 2.05) is 24.3 Å². The summed E-state index contributed by atoms with van der Waals surface area (Å²) in [5, 5.41) is 19.8. The second-order valence-electron chi connectivity index (χ2n) is 6.72. The Balaban J connectivity index is 2.10. The number of rotatable bonds is 8. The van der Waals surface area contributed by atoms with Gasteiger partial charge in [0.05, 0.1) is 21.3 Å². The Morgan fingerprint density at radius 1 is 0.731 bits per heavy atom. The lowest BCUT2D eigenvalue weighted by atomic mass is 9.85. The predicted molar refractivity (Wildman–Crippen MR) is 102 cm³/mol. The number of hydrogen-bond donors (Lipinski definition) is 2. The Hall–Kier alpha value is -2.56. The molecule has 0 radical (unpaired) electrons. The fourth-order valence-electron chi connectivity index (χ4n) is 3.06. The van der Waals surface area contributed by atoms with Crippen LogP contribution < -0.4 is 14.2 Å². The Bertz CT molecular complexity index is 716. The van der Waals surface area contributed by atoms with E-state index in [4.69, 9.17) is 14.2 Å². The van der Waals surface area contributed by atoms with Crippen molar-refractivity contribution < 1.29 is 24.4 Å². The molecule has 2 N–H and O–H groups in total. The van der Waals surface area contributed by atoms with Crippen LogP contribution in [0.25, 0.3) is 0 Å².